The number of hydrogen-bond acceptors (Lipinski definition) is 3. The summed E-state index contributed by atoms with van der Waals surface area (Å²) >= 11 is 1.93. The molecule has 0 amide bonds. The first kappa shape index (κ1) is 14.6. The molecule has 17 heavy (non-hydrogen) atoms. The van der Waals surface area contributed by atoms with Gasteiger partial charge in [-0.15, -0.1) is 0 Å². The molecule has 0 aliphatic rings. The summed E-state index contributed by atoms with van der Waals surface area (Å²) in [6, 6.07) is 9.08. The van der Waals surface area contributed by atoms with Gasteiger partial charge in [0, 0.05) is 24.2 Å². The van der Waals surface area contributed by atoms with Gasteiger partial charge < -0.3 is 10.4 Å². The lowest BCUT2D eigenvalue weighted by molar-refractivity contribution is 0.271. The maximum absolute atomic E-state index is 8.97. The Morgan fingerprint density at radius 2 is 2.24 bits per heavy atom. The van der Waals surface area contributed by atoms with E-state index in [1.165, 1.54) is 11.1 Å². The third-order valence-electron chi connectivity index (χ3n) is 2.64. The molecule has 0 aliphatic carbocycles. The van der Waals surface area contributed by atoms with Gasteiger partial charge in [-0.25, -0.2) is 0 Å². The Bertz CT molecular complexity index is 311. The molecule has 1 rings (SSSR count). The van der Waals surface area contributed by atoms with Gasteiger partial charge in [-0.2, -0.15) is 11.8 Å². The first-order valence-electron chi connectivity index (χ1n) is 6.23. The second-order valence-corrected chi connectivity index (χ2v) is 5.30. The van der Waals surface area contributed by atoms with Crippen LogP contribution in [-0.4, -0.2) is 30.1 Å². The summed E-state index contributed by atoms with van der Waals surface area (Å²) in [6.07, 6.45) is 0.842. The molecule has 2 nitrogen and oxygen atoms in total. The molecule has 1 atom stereocenters. The Labute approximate surface area is 109 Å². The molecule has 1 aromatic rings. The van der Waals surface area contributed by atoms with Gasteiger partial charge in [0.25, 0.3) is 0 Å². The van der Waals surface area contributed by atoms with Crippen LogP contribution in [0.5, 0.6) is 0 Å². The average Bonchev–Trinajstić information content (AvgIpc) is 2.30. The number of thioether (sulfide) groups is 1. The van der Waals surface area contributed by atoms with E-state index in [9.17, 15) is 0 Å². The topological polar surface area (TPSA) is 32.3 Å². The Kier molecular flexibility index (Phi) is 7.33. The maximum atomic E-state index is 8.97. The van der Waals surface area contributed by atoms with E-state index >= 15 is 0 Å². The van der Waals surface area contributed by atoms with E-state index in [0.717, 1.165) is 24.5 Å². The van der Waals surface area contributed by atoms with Gasteiger partial charge in [-0.1, -0.05) is 36.8 Å². The number of benzene rings is 1. The van der Waals surface area contributed by atoms with Crippen LogP contribution in [0.2, 0.25) is 0 Å². The number of nitrogens with one attached hydrogen (secondary N) is 1. The van der Waals surface area contributed by atoms with Crippen LogP contribution in [0.3, 0.4) is 0 Å². The minimum atomic E-state index is 0.267. The highest BCUT2D eigenvalue weighted by molar-refractivity contribution is 7.98. The van der Waals surface area contributed by atoms with Crippen LogP contribution >= 0.6 is 11.8 Å². The minimum Gasteiger partial charge on any atom is -0.396 e. The van der Waals surface area contributed by atoms with Crippen molar-refractivity contribution in [3.63, 3.8) is 0 Å². The Balaban J connectivity index is 2.30. The fourth-order valence-electron chi connectivity index (χ4n) is 1.81. The summed E-state index contributed by atoms with van der Waals surface area (Å²) in [5, 5.41) is 12.4. The highest BCUT2D eigenvalue weighted by atomic mass is 32.2. The van der Waals surface area contributed by atoms with E-state index in [1.54, 1.807) is 0 Å². The molecule has 96 valence electrons. The van der Waals surface area contributed by atoms with Crippen LogP contribution < -0.4 is 5.32 Å². The van der Waals surface area contributed by atoms with Gasteiger partial charge in [0.15, 0.2) is 0 Å². The number of aryl methyl sites for hydroxylation is 1. The predicted molar refractivity (Wildman–Crippen MR) is 76.5 cm³/mol. The van der Waals surface area contributed by atoms with Crippen molar-refractivity contribution in [3.05, 3.63) is 35.4 Å². The SMILES string of the molecule is CCNC(CCO)CSCc1cccc(C)c1. The molecule has 1 unspecified atom stereocenters. The maximum Gasteiger partial charge on any atom is 0.0446 e. The molecule has 0 fully saturated rings. The van der Waals surface area contributed by atoms with Gasteiger partial charge >= 0.3 is 0 Å². The lowest BCUT2D eigenvalue weighted by Gasteiger charge is -2.16. The zero-order valence-electron chi connectivity index (χ0n) is 10.8. The predicted octanol–water partition coefficient (Wildman–Crippen LogP) is 2.59. The molecule has 0 aromatic heterocycles. The van der Waals surface area contributed by atoms with Crippen molar-refractivity contribution in [3.8, 4) is 0 Å². The van der Waals surface area contributed by atoms with Gasteiger partial charge in [0.05, 0.1) is 0 Å². The second-order valence-electron chi connectivity index (χ2n) is 4.27. The zero-order valence-corrected chi connectivity index (χ0v) is 11.6. The van der Waals surface area contributed by atoms with Crippen molar-refractivity contribution >= 4 is 11.8 Å². The number of aliphatic hydroxyl groups excluding tert-OH is 1. The lowest BCUT2D eigenvalue weighted by atomic mass is 10.2. The van der Waals surface area contributed by atoms with Gasteiger partial charge in [-0.05, 0) is 25.5 Å². The molecule has 1 aromatic carbocycles. The van der Waals surface area contributed by atoms with Crippen molar-refractivity contribution in [2.24, 2.45) is 0 Å². The average molecular weight is 253 g/mol. The fraction of sp³-hybridized carbons (Fsp3) is 0.571. The van der Waals surface area contributed by atoms with E-state index < -0.39 is 0 Å². The first-order valence-corrected chi connectivity index (χ1v) is 7.39. The number of aliphatic hydroxyl groups is 1. The van der Waals surface area contributed by atoms with E-state index in [1.807, 2.05) is 11.8 Å². The van der Waals surface area contributed by atoms with Gasteiger partial charge in [0.1, 0.15) is 0 Å². The zero-order chi connectivity index (χ0) is 12.5. The molecule has 2 N–H and O–H groups in total. The third kappa shape index (κ3) is 6.10. The molecule has 0 aliphatic heterocycles. The van der Waals surface area contributed by atoms with Gasteiger partial charge in [0.2, 0.25) is 0 Å². The first-order chi connectivity index (χ1) is 8.26. The Hall–Kier alpha value is -0.510. The van der Waals surface area contributed by atoms with E-state index in [2.05, 4.69) is 43.4 Å². The summed E-state index contributed by atoms with van der Waals surface area (Å²) in [5.74, 6) is 2.11. The summed E-state index contributed by atoms with van der Waals surface area (Å²) in [4.78, 5) is 0. The molecule has 0 heterocycles. The Morgan fingerprint density at radius 1 is 1.41 bits per heavy atom. The monoisotopic (exact) mass is 253 g/mol. The van der Waals surface area contributed by atoms with Crippen LogP contribution in [0.1, 0.15) is 24.5 Å². The minimum absolute atomic E-state index is 0.267. The van der Waals surface area contributed by atoms with Crippen molar-refractivity contribution < 1.29 is 5.11 Å². The van der Waals surface area contributed by atoms with Crippen molar-refractivity contribution in [1.82, 2.24) is 5.32 Å². The van der Waals surface area contributed by atoms with Crippen LogP contribution in [-0.2, 0) is 5.75 Å². The fourth-order valence-corrected chi connectivity index (χ4v) is 2.91. The summed E-state index contributed by atoms with van der Waals surface area (Å²) in [6.45, 7) is 5.47. The van der Waals surface area contributed by atoms with Crippen LogP contribution in [0.4, 0.5) is 0 Å². The third-order valence-corrected chi connectivity index (χ3v) is 3.82. The summed E-state index contributed by atoms with van der Waals surface area (Å²) in [7, 11) is 0. The molecule has 0 saturated heterocycles. The van der Waals surface area contributed by atoms with E-state index in [0.29, 0.717) is 6.04 Å². The van der Waals surface area contributed by atoms with Gasteiger partial charge in [-0.3, -0.25) is 0 Å². The molecule has 0 saturated carbocycles. The molecular weight excluding hydrogens is 230 g/mol. The summed E-state index contributed by atoms with van der Waals surface area (Å²) in [5.41, 5.74) is 2.70. The molecule has 3 heteroatoms. The number of rotatable bonds is 8. The second kappa shape index (κ2) is 8.56. The highest BCUT2D eigenvalue weighted by Gasteiger charge is 2.06. The van der Waals surface area contributed by atoms with Crippen LogP contribution in [0, 0.1) is 6.92 Å². The van der Waals surface area contributed by atoms with Crippen molar-refractivity contribution in [2.45, 2.75) is 32.1 Å². The lowest BCUT2D eigenvalue weighted by Crippen LogP contribution is -2.32. The van der Waals surface area contributed by atoms with E-state index in [-0.39, 0.29) is 6.61 Å². The standard InChI is InChI=1S/C14H23NOS/c1-3-15-14(7-8-16)11-17-10-13-6-4-5-12(2)9-13/h4-6,9,14-16H,3,7-8,10-11H2,1-2H3. The summed E-state index contributed by atoms with van der Waals surface area (Å²) < 4.78 is 0. The molecule has 0 radical (unpaired) electrons. The highest BCUT2D eigenvalue weighted by Crippen LogP contribution is 2.15. The van der Waals surface area contributed by atoms with Crippen molar-refractivity contribution in [1.29, 1.82) is 0 Å². The molecule has 0 bridgehead atoms. The van der Waals surface area contributed by atoms with Crippen LogP contribution in [0.15, 0.2) is 24.3 Å². The molecule has 0 spiro atoms. The Morgan fingerprint density at radius 3 is 2.88 bits per heavy atom. The largest absolute Gasteiger partial charge is 0.396 e. The van der Waals surface area contributed by atoms with Crippen LogP contribution in [0.25, 0.3) is 0 Å². The molecular formula is C14H23NOS. The van der Waals surface area contributed by atoms with E-state index in [4.69, 9.17) is 5.11 Å². The smallest absolute Gasteiger partial charge is 0.0446 e. The van der Waals surface area contributed by atoms with Crippen molar-refractivity contribution in [2.75, 3.05) is 18.9 Å². The number of hydrogen-bond donors (Lipinski definition) is 2. The normalized spacial score (nSPS) is 12.6. The quantitative estimate of drug-likeness (QED) is 0.747.